The van der Waals surface area contributed by atoms with Gasteiger partial charge in [0, 0.05) is 0 Å². The molecule has 0 saturated carbocycles. The normalized spacial score (nSPS) is 12.0. The molecule has 2 heteroatoms. The van der Waals surface area contributed by atoms with Crippen molar-refractivity contribution in [3.8, 4) is 0 Å². The van der Waals surface area contributed by atoms with E-state index in [9.17, 15) is 0 Å². The van der Waals surface area contributed by atoms with Crippen molar-refractivity contribution in [2.24, 2.45) is 0 Å². The lowest BCUT2D eigenvalue weighted by atomic mass is 10.1. The molecule has 0 aromatic heterocycles. The first-order valence-corrected chi connectivity index (χ1v) is 8.05. The van der Waals surface area contributed by atoms with Gasteiger partial charge < -0.3 is 9.59 Å². The van der Waals surface area contributed by atoms with Gasteiger partial charge in [-0.3, -0.25) is 0 Å². The number of aliphatic hydroxyl groups is 1. The predicted octanol–water partition coefficient (Wildman–Crippen LogP) is 3.98. The molecule has 0 fully saturated rings. The zero-order valence-electron chi connectivity index (χ0n) is 13.1. The summed E-state index contributed by atoms with van der Waals surface area (Å²) < 4.78 is 0.966. The second kappa shape index (κ2) is 12.0. The van der Waals surface area contributed by atoms with Crippen molar-refractivity contribution in [2.45, 2.75) is 71.1 Å². The highest BCUT2D eigenvalue weighted by Gasteiger charge is 2.12. The summed E-state index contributed by atoms with van der Waals surface area (Å²) in [5.41, 5.74) is 0. The average molecular weight is 258 g/mol. The lowest BCUT2D eigenvalue weighted by molar-refractivity contribution is -0.890. The monoisotopic (exact) mass is 258 g/mol. The molecule has 0 aromatic rings. The van der Waals surface area contributed by atoms with Gasteiger partial charge in [0.1, 0.15) is 6.54 Å². The molecule has 0 aliphatic carbocycles. The summed E-state index contributed by atoms with van der Waals surface area (Å²) >= 11 is 0. The molecule has 0 unspecified atom stereocenters. The molecule has 0 aliphatic rings. The Morgan fingerprint density at radius 2 is 1.11 bits per heavy atom. The Hall–Kier alpha value is -0.0800. The van der Waals surface area contributed by atoms with Gasteiger partial charge in [-0.15, -0.1) is 0 Å². The summed E-state index contributed by atoms with van der Waals surface area (Å²) in [6.45, 7) is 4.68. The van der Waals surface area contributed by atoms with Crippen molar-refractivity contribution in [2.75, 3.05) is 33.8 Å². The van der Waals surface area contributed by atoms with Crippen LogP contribution in [-0.4, -0.2) is 43.4 Å². The molecule has 0 aromatic carbocycles. The first-order valence-electron chi connectivity index (χ1n) is 8.05. The number of hydrogen-bond donors (Lipinski definition) is 1. The topological polar surface area (TPSA) is 20.2 Å². The predicted molar refractivity (Wildman–Crippen MR) is 80.8 cm³/mol. The van der Waals surface area contributed by atoms with Crippen LogP contribution in [0.2, 0.25) is 0 Å². The molecule has 0 spiro atoms. The summed E-state index contributed by atoms with van der Waals surface area (Å²) in [6.07, 6.45) is 14.0. The molecule has 0 rings (SSSR count). The quantitative estimate of drug-likeness (QED) is 0.391. The number of hydrogen-bond acceptors (Lipinski definition) is 1. The molecule has 1 N–H and O–H groups in total. The molecule has 0 amide bonds. The molecule has 110 valence electrons. The molecule has 0 saturated heterocycles. The molecule has 0 atom stereocenters. The minimum atomic E-state index is 0.310. The zero-order chi connectivity index (χ0) is 13.7. The van der Waals surface area contributed by atoms with Crippen molar-refractivity contribution in [1.82, 2.24) is 0 Å². The van der Waals surface area contributed by atoms with E-state index in [1.807, 2.05) is 0 Å². The van der Waals surface area contributed by atoms with Crippen molar-refractivity contribution in [1.29, 1.82) is 0 Å². The molecular weight excluding hydrogens is 222 g/mol. The van der Waals surface area contributed by atoms with E-state index in [-0.39, 0.29) is 0 Å². The van der Waals surface area contributed by atoms with Gasteiger partial charge >= 0.3 is 0 Å². The Morgan fingerprint density at radius 1 is 0.667 bits per heavy atom. The SMILES string of the molecule is CCCCCCCCCCCC[N+](C)(C)CCO. The second-order valence-electron chi connectivity index (χ2n) is 6.29. The Kier molecular flexibility index (Phi) is 11.9. The van der Waals surface area contributed by atoms with Crippen molar-refractivity contribution >= 4 is 0 Å². The Labute approximate surface area is 115 Å². The number of nitrogens with zero attached hydrogens (tertiary/aromatic N) is 1. The Morgan fingerprint density at radius 3 is 1.56 bits per heavy atom. The highest BCUT2D eigenvalue weighted by atomic mass is 16.3. The van der Waals surface area contributed by atoms with Gasteiger partial charge in [0.15, 0.2) is 0 Å². The third-order valence-corrected chi connectivity index (χ3v) is 3.82. The average Bonchev–Trinajstić information content (AvgIpc) is 2.31. The maximum Gasteiger partial charge on any atom is 0.102 e. The van der Waals surface area contributed by atoms with Crippen LogP contribution in [0.3, 0.4) is 0 Å². The third-order valence-electron chi connectivity index (χ3n) is 3.82. The molecule has 18 heavy (non-hydrogen) atoms. The summed E-state index contributed by atoms with van der Waals surface area (Å²) in [4.78, 5) is 0. The smallest absolute Gasteiger partial charge is 0.102 e. The van der Waals surface area contributed by atoms with Crippen LogP contribution in [0, 0.1) is 0 Å². The van der Waals surface area contributed by atoms with Crippen LogP contribution in [0.4, 0.5) is 0 Å². The second-order valence-corrected chi connectivity index (χ2v) is 6.29. The van der Waals surface area contributed by atoms with Crippen molar-refractivity contribution in [3.63, 3.8) is 0 Å². The van der Waals surface area contributed by atoms with Gasteiger partial charge in [-0.25, -0.2) is 0 Å². The maximum atomic E-state index is 8.95. The highest BCUT2D eigenvalue weighted by molar-refractivity contribution is 4.47. The molecule has 0 radical (unpaired) electrons. The summed E-state index contributed by atoms with van der Waals surface area (Å²) in [7, 11) is 4.42. The van der Waals surface area contributed by atoms with Crippen molar-refractivity contribution < 1.29 is 9.59 Å². The van der Waals surface area contributed by atoms with Gasteiger partial charge in [-0.2, -0.15) is 0 Å². The van der Waals surface area contributed by atoms with Crippen LogP contribution < -0.4 is 0 Å². The summed E-state index contributed by atoms with van der Waals surface area (Å²) in [5.74, 6) is 0. The summed E-state index contributed by atoms with van der Waals surface area (Å²) in [5, 5.41) is 8.95. The number of likely N-dealkylation sites (N-methyl/N-ethyl adjacent to an activating group) is 1. The number of rotatable bonds is 13. The van der Waals surface area contributed by atoms with Gasteiger partial charge in [0.05, 0.1) is 27.2 Å². The lowest BCUT2D eigenvalue weighted by Crippen LogP contribution is -2.42. The van der Waals surface area contributed by atoms with Crippen LogP contribution in [0.15, 0.2) is 0 Å². The van der Waals surface area contributed by atoms with E-state index in [1.54, 1.807) is 0 Å². The molecule has 2 nitrogen and oxygen atoms in total. The highest BCUT2D eigenvalue weighted by Crippen LogP contribution is 2.11. The van der Waals surface area contributed by atoms with Crippen LogP contribution >= 0.6 is 0 Å². The standard InChI is InChI=1S/C16H36NO/c1-4-5-6-7-8-9-10-11-12-13-14-17(2,3)15-16-18/h18H,4-16H2,1-3H3/q+1. The fraction of sp³-hybridized carbons (Fsp3) is 1.00. The van der Waals surface area contributed by atoms with E-state index in [1.165, 1.54) is 70.8 Å². The number of aliphatic hydroxyl groups excluding tert-OH is 1. The first kappa shape index (κ1) is 17.9. The minimum Gasteiger partial charge on any atom is -0.391 e. The van der Waals surface area contributed by atoms with E-state index in [0.29, 0.717) is 6.61 Å². The largest absolute Gasteiger partial charge is 0.391 e. The van der Waals surface area contributed by atoms with Gasteiger partial charge in [0.25, 0.3) is 0 Å². The minimum absolute atomic E-state index is 0.310. The molecular formula is C16H36NO+. The van der Waals surface area contributed by atoms with Crippen LogP contribution in [0.25, 0.3) is 0 Å². The van der Waals surface area contributed by atoms with Gasteiger partial charge in [-0.05, 0) is 12.8 Å². The van der Waals surface area contributed by atoms with E-state index in [0.717, 1.165) is 11.0 Å². The molecule has 0 heterocycles. The van der Waals surface area contributed by atoms with Crippen LogP contribution in [0.1, 0.15) is 71.1 Å². The van der Waals surface area contributed by atoms with E-state index >= 15 is 0 Å². The van der Waals surface area contributed by atoms with Gasteiger partial charge in [0.2, 0.25) is 0 Å². The van der Waals surface area contributed by atoms with Crippen molar-refractivity contribution in [3.05, 3.63) is 0 Å². The Bertz CT molecular complexity index is 168. The van der Waals surface area contributed by atoms with E-state index in [4.69, 9.17) is 5.11 Å². The van der Waals surface area contributed by atoms with Crippen LogP contribution in [-0.2, 0) is 0 Å². The fourth-order valence-electron chi connectivity index (χ4n) is 2.41. The number of quaternary nitrogens is 1. The first-order chi connectivity index (χ1) is 8.62. The van der Waals surface area contributed by atoms with E-state index in [2.05, 4.69) is 21.0 Å². The molecule has 0 bridgehead atoms. The number of unbranched alkanes of at least 4 members (excludes halogenated alkanes) is 9. The lowest BCUT2D eigenvalue weighted by Gasteiger charge is -2.28. The molecule has 0 aliphatic heterocycles. The van der Waals surface area contributed by atoms with Crippen LogP contribution in [0.5, 0.6) is 0 Å². The summed E-state index contributed by atoms with van der Waals surface area (Å²) in [6, 6.07) is 0. The fourth-order valence-corrected chi connectivity index (χ4v) is 2.41. The van der Waals surface area contributed by atoms with Gasteiger partial charge in [-0.1, -0.05) is 58.3 Å². The zero-order valence-corrected chi connectivity index (χ0v) is 13.1. The third kappa shape index (κ3) is 12.4. The Balaban J connectivity index is 3.16. The van der Waals surface area contributed by atoms with E-state index < -0.39 is 0 Å². The maximum absolute atomic E-state index is 8.95.